The van der Waals surface area contributed by atoms with Gasteiger partial charge in [0.2, 0.25) is 0 Å². The van der Waals surface area contributed by atoms with E-state index in [9.17, 15) is 4.39 Å². The van der Waals surface area contributed by atoms with Gasteiger partial charge in [0.05, 0.1) is 23.8 Å². The lowest BCUT2D eigenvalue weighted by atomic mass is 10.2. The molecule has 3 aromatic rings. The molecule has 2 aromatic heterocycles. The van der Waals surface area contributed by atoms with Crippen LogP contribution in [-0.2, 0) is 6.54 Å². The van der Waals surface area contributed by atoms with E-state index in [-0.39, 0.29) is 5.82 Å². The van der Waals surface area contributed by atoms with Crippen LogP contribution in [0.5, 0.6) is 0 Å². The first-order valence-electron chi connectivity index (χ1n) is 7.50. The van der Waals surface area contributed by atoms with E-state index < -0.39 is 0 Å². The van der Waals surface area contributed by atoms with Gasteiger partial charge in [0, 0.05) is 17.8 Å². The molecule has 0 aliphatic rings. The first kappa shape index (κ1) is 13.9. The average molecular weight is 285 g/mol. The summed E-state index contributed by atoms with van der Waals surface area (Å²) in [5, 5.41) is 5.32. The fraction of sp³-hybridized carbons (Fsp3) is 0.353. The summed E-state index contributed by atoms with van der Waals surface area (Å²) < 4.78 is 17.8. The van der Waals surface area contributed by atoms with Crippen molar-refractivity contribution in [3.8, 4) is 0 Å². The molecule has 0 saturated heterocycles. The van der Waals surface area contributed by atoms with Crippen LogP contribution in [0.1, 0.15) is 38.4 Å². The summed E-state index contributed by atoms with van der Waals surface area (Å²) in [6.45, 7) is 5.02. The molecule has 0 unspecified atom stereocenters. The molecule has 0 N–H and O–H groups in total. The highest BCUT2D eigenvalue weighted by molar-refractivity contribution is 5.80. The van der Waals surface area contributed by atoms with Crippen LogP contribution in [-0.4, -0.2) is 14.3 Å². The standard InChI is InChI=1S/C17H20FN3/c1-3-14(4-2)21-11-8-13(19-21)12-20-10-9-15-16(18)6-5-7-17(15)20/h5-11,14H,3-4,12H2,1-2H3. The molecule has 3 nitrogen and oxygen atoms in total. The minimum atomic E-state index is -0.172. The minimum absolute atomic E-state index is 0.172. The topological polar surface area (TPSA) is 22.8 Å². The Balaban J connectivity index is 1.87. The van der Waals surface area contributed by atoms with Crippen molar-refractivity contribution >= 4 is 10.9 Å². The molecular weight excluding hydrogens is 265 g/mol. The van der Waals surface area contributed by atoms with Gasteiger partial charge in [0.15, 0.2) is 0 Å². The number of nitrogens with zero attached hydrogens (tertiary/aromatic N) is 3. The first-order valence-corrected chi connectivity index (χ1v) is 7.50. The molecular formula is C17H20FN3. The normalized spacial score (nSPS) is 11.6. The maximum Gasteiger partial charge on any atom is 0.132 e. The summed E-state index contributed by atoms with van der Waals surface area (Å²) in [5.74, 6) is -0.172. The van der Waals surface area contributed by atoms with Gasteiger partial charge in [-0.05, 0) is 37.1 Å². The number of benzene rings is 1. The fourth-order valence-electron chi connectivity index (χ4n) is 2.83. The van der Waals surface area contributed by atoms with Gasteiger partial charge < -0.3 is 4.57 Å². The van der Waals surface area contributed by atoms with Gasteiger partial charge in [-0.2, -0.15) is 5.10 Å². The summed E-state index contributed by atoms with van der Waals surface area (Å²) in [6.07, 6.45) is 6.12. The maximum absolute atomic E-state index is 13.7. The SMILES string of the molecule is CCC(CC)n1ccc(Cn2ccc3c(F)cccc32)n1. The molecule has 0 fully saturated rings. The average Bonchev–Trinajstić information content (AvgIpc) is 3.10. The third-order valence-electron chi connectivity index (χ3n) is 4.07. The van der Waals surface area contributed by atoms with Crippen LogP contribution in [0.15, 0.2) is 42.7 Å². The lowest BCUT2D eigenvalue weighted by Crippen LogP contribution is -2.08. The number of aromatic nitrogens is 3. The predicted molar refractivity (Wildman–Crippen MR) is 82.8 cm³/mol. The van der Waals surface area contributed by atoms with E-state index >= 15 is 0 Å². The zero-order valence-corrected chi connectivity index (χ0v) is 12.5. The van der Waals surface area contributed by atoms with E-state index in [1.807, 2.05) is 39.8 Å². The number of hydrogen-bond donors (Lipinski definition) is 0. The Labute approximate surface area is 124 Å². The molecule has 4 heteroatoms. The van der Waals surface area contributed by atoms with E-state index in [0.29, 0.717) is 18.0 Å². The van der Waals surface area contributed by atoms with Crippen molar-refractivity contribution in [1.29, 1.82) is 0 Å². The molecule has 1 aromatic carbocycles. The molecule has 0 saturated carbocycles. The third kappa shape index (κ3) is 2.58. The van der Waals surface area contributed by atoms with Gasteiger partial charge >= 0.3 is 0 Å². The van der Waals surface area contributed by atoms with Crippen molar-refractivity contribution in [3.05, 3.63) is 54.2 Å². The van der Waals surface area contributed by atoms with Crippen molar-refractivity contribution in [2.45, 2.75) is 39.3 Å². The van der Waals surface area contributed by atoms with E-state index in [1.54, 1.807) is 6.07 Å². The van der Waals surface area contributed by atoms with Crippen LogP contribution in [0, 0.1) is 5.82 Å². The van der Waals surface area contributed by atoms with Crippen LogP contribution in [0.3, 0.4) is 0 Å². The van der Waals surface area contributed by atoms with Crippen LogP contribution in [0.2, 0.25) is 0 Å². The monoisotopic (exact) mass is 285 g/mol. The zero-order chi connectivity index (χ0) is 14.8. The van der Waals surface area contributed by atoms with Crippen molar-refractivity contribution in [2.24, 2.45) is 0 Å². The number of halogens is 1. The van der Waals surface area contributed by atoms with Gasteiger partial charge in [0.1, 0.15) is 5.82 Å². The van der Waals surface area contributed by atoms with Crippen LogP contribution < -0.4 is 0 Å². The maximum atomic E-state index is 13.7. The summed E-state index contributed by atoms with van der Waals surface area (Å²) in [4.78, 5) is 0. The lowest BCUT2D eigenvalue weighted by Gasteiger charge is -2.12. The van der Waals surface area contributed by atoms with E-state index in [4.69, 9.17) is 0 Å². The Bertz CT molecular complexity index is 737. The van der Waals surface area contributed by atoms with Gasteiger partial charge in [-0.15, -0.1) is 0 Å². The van der Waals surface area contributed by atoms with Gasteiger partial charge in [-0.1, -0.05) is 19.9 Å². The molecule has 2 heterocycles. The summed E-state index contributed by atoms with van der Waals surface area (Å²) in [6, 6.07) is 9.51. The van der Waals surface area contributed by atoms with E-state index in [0.717, 1.165) is 24.1 Å². The Morgan fingerprint density at radius 3 is 2.67 bits per heavy atom. The van der Waals surface area contributed by atoms with Crippen LogP contribution in [0.4, 0.5) is 4.39 Å². The molecule has 0 aliphatic heterocycles. The van der Waals surface area contributed by atoms with E-state index in [2.05, 4.69) is 18.9 Å². The second-order valence-electron chi connectivity index (χ2n) is 5.37. The second-order valence-corrected chi connectivity index (χ2v) is 5.37. The second kappa shape index (κ2) is 5.72. The summed E-state index contributed by atoms with van der Waals surface area (Å²) in [5.41, 5.74) is 1.91. The van der Waals surface area contributed by atoms with Gasteiger partial charge in [0.25, 0.3) is 0 Å². The summed E-state index contributed by atoms with van der Waals surface area (Å²) >= 11 is 0. The Morgan fingerprint density at radius 1 is 1.10 bits per heavy atom. The number of fused-ring (bicyclic) bond motifs is 1. The largest absolute Gasteiger partial charge is 0.341 e. The molecule has 0 bridgehead atoms. The number of hydrogen-bond acceptors (Lipinski definition) is 1. The Hall–Kier alpha value is -2.10. The molecule has 0 amide bonds. The highest BCUT2D eigenvalue weighted by atomic mass is 19.1. The van der Waals surface area contributed by atoms with Crippen molar-refractivity contribution in [2.75, 3.05) is 0 Å². The van der Waals surface area contributed by atoms with Crippen molar-refractivity contribution in [1.82, 2.24) is 14.3 Å². The van der Waals surface area contributed by atoms with Gasteiger partial charge in [-0.25, -0.2) is 4.39 Å². The first-order chi connectivity index (χ1) is 10.2. The van der Waals surface area contributed by atoms with Crippen molar-refractivity contribution < 1.29 is 4.39 Å². The molecule has 21 heavy (non-hydrogen) atoms. The molecule has 0 aliphatic carbocycles. The zero-order valence-electron chi connectivity index (χ0n) is 12.5. The van der Waals surface area contributed by atoms with E-state index in [1.165, 1.54) is 6.07 Å². The molecule has 110 valence electrons. The predicted octanol–water partition coefficient (Wildman–Crippen LogP) is 4.39. The molecule has 0 spiro atoms. The Morgan fingerprint density at radius 2 is 1.90 bits per heavy atom. The van der Waals surface area contributed by atoms with Crippen LogP contribution >= 0.6 is 0 Å². The fourth-order valence-corrected chi connectivity index (χ4v) is 2.83. The summed E-state index contributed by atoms with van der Waals surface area (Å²) in [7, 11) is 0. The quantitative estimate of drug-likeness (QED) is 0.682. The smallest absolute Gasteiger partial charge is 0.132 e. The van der Waals surface area contributed by atoms with Gasteiger partial charge in [-0.3, -0.25) is 4.68 Å². The van der Waals surface area contributed by atoms with Crippen LogP contribution in [0.25, 0.3) is 10.9 Å². The number of rotatable bonds is 5. The molecule has 0 radical (unpaired) electrons. The lowest BCUT2D eigenvalue weighted by molar-refractivity contribution is 0.425. The Kier molecular flexibility index (Phi) is 3.78. The molecule has 0 atom stereocenters. The third-order valence-corrected chi connectivity index (χ3v) is 4.07. The highest BCUT2D eigenvalue weighted by Gasteiger charge is 2.10. The molecule has 3 rings (SSSR count). The highest BCUT2D eigenvalue weighted by Crippen LogP contribution is 2.20. The minimum Gasteiger partial charge on any atom is -0.341 e. The van der Waals surface area contributed by atoms with Crippen molar-refractivity contribution in [3.63, 3.8) is 0 Å².